The lowest BCUT2D eigenvalue weighted by atomic mass is 9.49. The summed E-state index contributed by atoms with van der Waals surface area (Å²) in [6.45, 7) is 5.80. The van der Waals surface area contributed by atoms with Crippen molar-refractivity contribution in [3.05, 3.63) is 0 Å². The zero-order valence-electron chi connectivity index (χ0n) is 15.1. The van der Waals surface area contributed by atoms with Crippen LogP contribution in [-0.4, -0.2) is 28.3 Å². The normalized spacial score (nSPS) is 37.3. The molecule has 0 heterocycles. The molecule has 136 valence electrons. The molecule has 4 rings (SSSR count). The van der Waals surface area contributed by atoms with Crippen molar-refractivity contribution < 1.29 is 14.3 Å². The van der Waals surface area contributed by atoms with Crippen LogP contribution in [0.4, 0.5) is 0 Å². The molecule has 4 aliphatic carbocycles. The predicted molar refractivity (Wildman–Crippen MR) is 96.9 cm³/mol. The van der Waals surface area contributed by atoms with Crippen LogP contribution in [0.25, 0.3) is 0 Å². The number of rotatable bonds is 6. The molecule has 4 nitrogen and oxygen atoms in total. The number of alkyl halides is 1. The number of hydrogen-bond donors (Lipinski definition) is 1. The highest BCUT2D eigenvalue weighted by molar-refractivity contribution is 9.10. The molecule has 5 heteroatoms. The summed E-state index contributed by atoms with van der Waals surface area (Å²) >= 11 is 3.97. The van der Waals surface area contributed by atoms with Crippen molar-refractivity contribution in [2.45, 2.75) is 82.0 Å². The van der Waals surface area contributed by atoms with Crippen LogP contribution in [0.1, 0.15) is 72.1 Å². The Labute approximate surface area is 153 Å². The minimum Gasteiger partial charge on any atom is -0.456 e. The average Bonchev–Trinajstić information content (AvgIpc) is 2.41. The lowest BCUT2D eigenvalue weighted by Gasteiger charge is -2.60. The lowest BCUT2D eigenvalue weighted by molar-refractivity contribution is -0.155. The zero-order chi connectivity index (χ0) is 17.6. The van der Waals surface area contributed by atoms with Gasteiger partial charge in [-0.2, -0.15) is 0 Å². The topological polar surface area (TPSA) is 55.4 Å². The molecule has 4 fully saturated rings. The first-order valence-electron chi connectivity index (χ1n) is 9.28. The lowest BCUT2D eigenvalue weighted by Crippen LogP contribution is -2.53. The Balaban J connectivity index is 1.51. The van der Waals surface area contributed by atoms with Gasteiger partial charge in [0.05, 0.1) is 6.42 Å². The minimum absolute atomic E-state index is 0.101. The second-order valence-corrected chi connectivity index (χ2v) is 10.9. The van der Waals surface area contributed by atoms with E-state index in [9.17, 15) is 9.59 Å². The molecule has 4 saturated carbocycles. The van der Waals surface area contributed by atoms with Gasteiger partial charge in [-0.15, -0.1) is 0 Å². The SMILES string of the molecule is CCC(C)(C)NC(=O)COC(=O)CC12C[C@@H]3C[C@@H](CC(Br)(C3)C1)C2. The number of carbonyl (C=O) groups is 2. The number of halogens is 1. The Morgan fingerprint density at radius 3 is 2.38 bits per heavy atom. The van der Waals surface area contributed by atoms with Gasteiger partial charge < -0.3 is 10.1 Å². The third kappa shape index (κ3) is 3.97. The van der Waals surface area contributed by atoms with Gasteiger partial charge in [0.25, 0.3) is 5.91 Å². The molecule has 4 atom stereocenters. The number of amides is 1. The Morgan fingerprint density at radius 2 is 1.83 bits per heavy atom. The molecule has 0 aromatic carbocycles. The van der Waals surface area contributed by atoms with E-state index in [0.717, 1.165) is 37.5 Å². The van der Waals surface area contributed by atoms with Crippen molar-refractivity contribution in [2.24, 2.45) is 17.3 Å². The van der Waals surface area contributed by atoms with Crippen LogP contribution in [0.15, 0.2) is 0 Å². The Hall–Kier alpha value is -0.580. The first kappa shape index (κ1) is 18.2. The molecule has 0 radical (unpaired) electrons. The molecule has 1 N–H and O–H groups in total. The van der Waals surface area contributed by atoms with Crippen LogP contribution < -0.4 is 5.32 Å². The summed E-state index contributed by atoms with van der Waals surface area (Å²) in [5.41, 5.74) is -0.157. The number of nitrogens with one attached hydrogen (secondary N) is 1. The summed E-state index contributed by atoms with van der Waals surface area (Å²) < 4.78 is 5.55. The summed E-state index contributed by atoms with van der Waals surface area (Å²) in [7, 11) is 0. The Bertz CT molecular complexity index is 517. The molecular weight excluding hydrogens is 370 g/mol. The van der Waals surface area contributed by atoms with Gasteiger partial charge in [0.2, 0.25) is 0 Å². The summed E-state index contributed by atoms with van der Waals surface area (Å²) in [5, 5.41) is 2.90. The van der Waals surface area contributed by atoms with Crippen LogP contribution in [0.2, 0.25) is 0 Å². The molecule has 0 aromatic heterocycles. The van der Waals surface area contributed by atoms with Crippen LogP contribution in [0.5, 0.6) is 0 Å². The number of esters is 1. The van der Waals surface area contributed by atoms with E-state index < -0.39 is 0 Å². The fourth-order valence-electron chi connectivity index (χ4n) is 5.55. The van der Waals surface area contributed by atoms with Gasteiger partial charge in [-0.1, -0.05) is 22.9 Å². The number of ether oxygens (including phenoxy) is 1. The minimum atomic E-state index is -0.258. The maximum Gasteiger partial charge on any atom is 0.306 e. The third-order valence-electron chi connectivity index (χ3n) is 6.36. The van der Waals surface area contributed by atoms with E-state index in [1.807, 2.05) is 20.8 Å². The van der Waals surface area contributed by atoms with E-state index in [1.54, 1.807) is 0 Å². The molecule has 0 aliphatic heterocycles. The molecule has 0 spiro atoms. The molecule has 0 aromatic rings. The second-order valence-electron chi connectivity index (χ2n) is 9.23. The fourth-order valence-corrected chi connectivity index (χ4v) is 7.06. The zero-order valence-corrected chi connectivity index (χ0v) is 16.7. The molecule has 1 amide bonds. The molecular formula is C19H30BrNO3. The fraction of sp³-hybridized carbons (Fsp3) is 0.895. The van der Waals surface area contributed by atoms with Gasteiger partial charge >= 0.3 is 5.97 Å². The standard InChI is InChI=1S/C19H30BrNO3/c1-4-17(2,3)21-15(22)11-24-16(23)10-18-6-13-5-14(7-18)9-19(20,8-13)12-18/h13-14H,4-12H2,1-3H3,(H,21,22)/t13-,14+,18?,19?. The van der Waals surface area contributed by atoms with Crippen LogP contribution in [-0.2, 0) is 14.3 Å². The monoisotopic (exact) mass is 399 g/mol. The van der Waals surface area contributed by atoms with Gasteiger partial charge in [-0.05, 0) is 76.0 Å². The quantitative estimate of drug-likeness (QED) is 0.543. The Kier molecular flexibility index (Phi) is 4.78. The largest absolute Gasteiger partial charge is 0.456 e. The molecule has 4 aliphatic rings. The van der Waals surface area contributed by atoms with Crippen molar-refractivity contribution in [2.75, 3.05) is 6.61 Å². The summed E-state index contributed by atoms with van der Waals surface area (Å²) in [6, 6.07) is 0. The van der Waals surface area contributed by atoms with Gasteiger partial charge in [0.1, 0.15) is 0 Å². The summed E-state index contributed by atoms with van der Waals surface area (Å²) in [4.78, 5) is 24.3. The first-order chi connectivity index (χ1) is 11.1. The second kappa shape index (κ2) is 6.30. The van der Waals surface area contributed by atoms with E-state index in [2.05, 4.69) is 21.2 Å². The van der Waals surface area contributed by atoms with Crippen LogP contribution in [0, 0.1) is 17.3 Å². The van der Waals surface area contributed by atoms with E-state index in [0.29, 0.717) is 6.42 Å². The van der Waals surface area contributed by atoms with Crippen molar-refractivity contribution >= 4 is 27.8 Å². The number of carbonyl (C=O) groups excluding carboxylic acids is 2. The van der Waals surface area contributed by atoms with Gasteiger partial charge in [-0.25, -0.2) is 0 Å². The average molecular weight is 400 g/mol. The van der Waals surface area contributed by atoms with Gasteiger partial charge in [0.15, 0.2) is 6.61 Å². The molecule has 24 heavy (non-hydrogen) atoms. The van der Waals surface area contributed by atoms with E-state index in [-0.39, 0.29) is 33.8 Å². The van der Waals surface area contributed by atoms with Crippen molar-refractivity contribution in [1.29, 1.82) is 0 Å². The van der Waals surface area contributed by atoms with Crippen molar-refractivity contribution in [3.8, 4) is 0 Å². The maximum atomic E-state index is 12.4. The summed E-state index contributed by atoms with van der Waals surface area (Å²) in [6.07, 6.45) is 8.55. The highest BCUT2D eigenvalue weighted by Gasteiger charge is 2.57. The van der Waals surface area contributed by atoms with E-state index in [1.165, 1.54) is 19.3 Å². The third-order valence-corrected chi connectivity index (χ3v) is 7.28. The number of hydrogen-bond acceptors (Lipinski definition) is 3. The van der Waals surface area contributed by atoms with Crippen LogP contribution >= 0.6 is 15.9 Å². The first-order valence-corrected chi connectivity index (χ1v) is 10.1. The smallest absolute Gasteiger partial charge is 0.306 e. The summed E-state index contributed by atoms with van der Waals surface area (Å²) in [5.74, 6) is 1.09. The predicted octanol–water partition coefficient (Wildman–Crippen LogP) is 3.96. The van der Waals surface area contributed by atoms with Gasteiger partial charge in [-0.3, -0.25) is 9.59 Å². The Morgan fingerprint density at radius 1 is 1.21 bits per heavy atom. The van der Waals surface area contributed by atoms with E-state index in [4.69, 9.17) is 4.74 Å². The highest BCUT2D eigenvalue weighted by Crippen LogP contribution is 2.65. The molecule has 4 bridgehead atoms. The maximum absolute atomic E-state index is 12.4. The highest BCUT2D eigenvalue weighted by atomic mass is 79.9. The van der Waals surface area contributed by atoms with Crippen molar-refractivity contribution in [3.63, 3.8) is 0 Å². The van der Waals surface area contributed by atoms with Crippen molar-refractivity contribution in [1.82, 2.24) is 5.32 Å². The van der Waals surface area contributed by atoms with Crippen LogP contribution in [0.3, 0.4) is 0 Å². The van der Waals surface area contributed by atoms with Gasteiger partial charge in [0, 0.05) is 9.86 Å². The molecule has 2 unspecified atom stereocenters. The van der Waals surface area contributed by atoms with E-state index >= 15 is 0 Å². The molecule has 0 saturated heterocycles.